The Labute approximate surface area is 148 Å². The van der Waals surface area contributed by atoms with Crippen LogP contribution in [0.3, 0.4) is 0 Å². The molecule has 2 heterocycles. The molecule has 0 radical (unpaired) electrons. The molecule has 1 aromatic rings. The van der Waals surface area contributed by atoms with Crippen molar-refractivity contribution < 1.29 is 9.53 Å². The van der Waals surface area contributed by atoms with Crippen LogP contribution in [0.5, 0.6) is 0 Å². The standard InChI is InChI=1S/C18H28N4O3/c1-2-22-18(24)17(21-8-10-25-11-9-21)15(13-19-22)20-16(23)12-14-6-4-3-5-7-14/h13-14H,2-12H2,1H3,(H,20,23). The zero-order valence-corrected chi connectivity index (χ0v) is 15.0. The van der Waals surface area contributed by atoms with E-state index >= 15 is 0 Å². The van der Waals surface area contributed by atoms with E-state index in [9.17, 15) is 9.59 Å². The van der Waals surface area contributed by atoms with E-state index in [1.165, 1.54) is 23.9 Å². The lowest BCUT2D eigenvalue weighted by Crippen LogP contribution is -2.41. The molecule has 0 unspecified atom stereocenters. The third-order valence-electron chi connectivity index (χ3n) is 5.12. The third-order valence-corrected chi connectivity index (χ3v) is 5.12. The number of ether oxygens (including phenoxy) is 1. The van der Waals surface area contributed by atoms with Gasteiger partial charge in [-0.2, -0.15) is 5.10 Å². The number of aryl methyl sites for hydroxylation is 1. The van der Waals surface area contributed by atoms with Gasteiger partial charge in [-0.1, -0.05) is 19.3 Å². The number of carbonyl (C=O) groups excluding carboxylic acids is 1. The van der Waals surface area contributed by atoms with Gasteiger partial charge in [0.1, 0.15) is 5.69 Å². The largest absolute Gasteiger partial charge is 0.378 e. The van der Waals surface area contributed by atoms with Crippen molar-refractivity contribution in [1.29, 1.82) is 0 Å². The number of nitrogens with one attached hydrogen (secondary N) is 1. The van der Waals surface area contributed by atoms with Gasteiger partial charge in [0, 0.05) is 26.1 Å². The van der Waals surface area contributed by atoms with E-state index in [0.717, 1.165) is 12.8 Å². The number of carbonyl (C=O) groups is 1. The number of aromatic nitrogens is 2. The Morgan fingerprint density at radius 1 is 1.28 bits per heavy atom. The van der Waals surface area contributed by atoms with E-state index in [0.29, 0.717) is 56.6 Å². The first-order chi connectivity index (χ1) is 12.2. The molecule has 2 aliphatic rings. The Kier molecular flexibility index (Phi) is 6.07. The summed E-state index contributed by atoms with van der Waals surface area (Å²) in [7, 11) is 0. The van der Waals surface area contributed by atoms with Crippen LogP contribution in [0, 0.1) is 5.92 Å². The number of morpholine rings is 1. The fraction of sp³-hybridized carbons (Fsp3) is 0.722. The molecule has 1 saturated carbocycles. The van der Waals surface area contributed by atoms with E-state index in [4.69, 9.17) is 4.74 Å². The van der Waals surface area contributed by atoms with Crippen LogP contribution >= 0.6 is 0 Å². The van der Waals surface area contributed by atoms with Gasteiger partial charge in [0.05, 0.1) is 25.1 Å². The molecule has 0 spiro atoms. The van der Waals surface area contributed by atoms with Gasteiger partial charge in [-0.05, 0) is 25.7 Å². The maximum absolute atomic E-state index is 12.8. The predicted octanol–water partition coefficient (Wildman–Crippen LogP) is 2.01. The predicted molar refractivity (Wildman–Crippen MR) is 97.0 cm³/mol. The van der Waals surface area contributed by atoms with E-state index in [2.05, 4.69) is 10.4 Å². The van der Waals surface area contributed by atoms with Gasteiger partial charge in [-0.3, -0.25) is 9.59 Å². The second-order valence-electron chi connectivity index (χ2n) is 6.88. The second-order valence-corrected chi connectivity index (χ2v) is 6.88. The number of anilines is 2. The van der Waals surface area contributed by atoms with E-state index in [-0.39, 0.29) is 11.5 Å². The van der Waals surface area contributed by atoms with Crippen LogP contribution in [0.15, 0.2) is 11.0 Å². The van der Waals surface area contributed by atoms with Gasteiger partial charge in [0.25, 0.3) is 5.56 Å². The quantitative estimate of drug-likeness (QED) is 0.881. The highest BCUT2D eigenvalue weighted by molar-refractivity contribution is 5.94. The van der Waals surface area contributed by atoms with Crippen molar-refractivity contribution >= 4 is 17.3 Å². The van der Waals surface area contributed by atoms with Gasteiger partial charge in [0.2, 0.25) is 5.91 Å². The second kappa shape index (κ2) is 8.47. The molecule has 2 fully saturated rings. The Hall–Kier alpha value is -1.89. The summed E-state index contributed by atoms with van der Waals surface area (Å²) in [6, 6.07) is 0. The summed E-state index contributed by atoms with van der Waals surface area (Å²) in [6.45, 7) is 4.86. The van der Waals surface area contributed by atoms with Gasteiger partial charge in [-0.15, -0.1) is 0 Å². The molecule has 1 aliphatic carbocycles. The van der Waals surface area contributed by atoms with Gasteiger partial charge >= 0.3 is 0 Å². The molecule has 0 aromatic carbocycles. The Bertz CT molecular complexity index is 646. The highest BCUT2D eigenvalue weighted by Gasteiger charge is 2.23. The summed E-state index contributed by atoms with van der Waals surface area (Å²) in [6.07, 6.45) is 8.08. The number of hydrogen-bond donors (Lipinski definition) is 1. The van der Waals surface area contributed by atoms with Crippen molar-refractivity contribution in [3.05, 3.63) is 16.6 Å². The minimum absolute atomic E-state index is 0.0168. The molecule has 0 atom stereocenters. The molecule has 7 heteroatoms. The third kappa shape index (κ3) is 4.39. The summed E-state index contributed by atoms with van der Waals surface area (Å²) in [5, 5.41) is 7.13. The van der Waals surface area contributed by atoms with Crippen LogP contribution in [-0.2, 0) is 16.1 Å². The molecule has 1 N–H and O–H groups in total. The Morgan fingerprint density at radius 3 is 2.68 bits per heavy atom. The minimum Gasteiger partial charge on any atom is -0.378 e. The molecular formula is C18H28N4O3. The fourth-order valence-electron chi connectivity index (χ4n) is 3.74. The van der Waals surface area contributed by atoms with Crippen LogP contribution < -0.4 is 15.8 Å². The van der Waals surface area contributed by atoms with Crippen LogP contribution in [0.25, 0.3) is 0 Å². The van der Waals surface area contributed by atoms with Crippen LogP contribution in [0.2, 0.25) is 0 Å². The lowest BCUT2D eigenvalue weighted by Gasteiger charge is -2.30. The van der Waals surface area contributed by atoms with Crippen molar-refractivity contribution in [3.8, 4) is 0 Å². The van der Waals surface area contributed by atoms with Crippen LogP contribution in [0.1, 0.15) is 45.4 Å². The highest BCUT2D eigenvalue weighted by Crippen LogP contribution is 2.27. The van der Waals surface area contributed by atoms with Crippen molar-refractivity contribution in [2.45, 2.75) is 52.0 Å². The van der Waals surface area contributed by atoms with Crippen LogP contribution in [-0.4, -0.2) is 42.0 Å². The summed E-state index contributed by atoms with van der Waals surface area (Å²) in [5.74, 6) is 0.446. The molecular weight excluding hydrogens is 320 g/mol. The van der Waals surface area contributed by atoms with Crippen molar-refractivity contribution in [2.24, 2.45) is 5.92 Å². The lowest BCUT2D eigenvalue weighted by atomic mass is 9.87. The summed E-state index contributed by atoms with van der Waals surface area (Å²) in [4.78, 5) is 27.2. The topological polar surface area (TPSA) is 76.5 Å². The first-order valence-electron chi connectivity index (χ1n) is 9.41. The van der Waals surface area contributed by atoms with Crippen LogP contribution in [0.4, 0.5) is 11.4 Å². The average molecular weight is 348 g/mol. The van der Waals surface area contributed by atoms with Gasteiger partial charge in [-0.25, -0.2) is 4.68 Å². The summed E-state index contributed by atoms with van der Waals surface area (Å²) < 4.78 is 6.82. The van der Waals surface area contributed by atoms with Gasteiger partial charge < -0.3 is 15.0 Å². The molecule has 7 nitrogen and oxygen atoms in total. The zero-order chi connectivity index (χ0) is 17.6. The summed E-state index contributed by atoms with van der Waals surface area (Å²) in [5.41, 5.74) is 0.911. The number of nitrogens with zero attached hydrogens (tertiary/aromatic N) is 3. The van der Waals surface area contributed by atoms with E-state index < -0.39 is 0 Å². The lowest BCUT2D eigenvalue weighted by molar-refractivity contribution is -0.117. The molecule has 138 valence electrons. The molecule has 1 aromatic heterocycles. The first-order valence-corrected chi connectivity index (χ1v) is 9.41. The SMILES string of the molecule is CCn1ncc(NC(=O)CC2CCCCC2)c(N2CCOCC2)c1=O. The van der Waals surface area contributed by atoms with Crippen molar-refractivity contribution in [1.82, 2.24) is 9.78 Å². The van der Waals surface area contributed by atoms with Crippen molar-refractivity contribution in [3.63, 3.8) is 0 Å². The average Bonchev–Trinajstić information content (AvgIpc) is 2.63. The van der Waals surface area contributed by atoms with Crippen molar-refractivity contribution in [2.75, 3.05) is 36.5 Å². The number of amides is 1. The maximum Gasteiger partial charge on any atom is 0.292 e. The number of hydrogen-bond acceptors (Lipinski definition) is 5. The molecule has 1 aliphatic heterocycles. The Balaban J connectivity index is 1.78. The normalized spacial score (nSPS) is 19.0. The highest BCUT2D eigenvalue weighted by atomic mass is 16.5. The molecule has 0 bridgehead atoms. The zero-order valence-electron chi connectivity index (χ0n) is 15.0. The molecule has 25 heavy (non-hydrogen) atoms. The van der Waals surface area contributed by atoms with E-state index in [1.807, 2.05) is 11.8 Å². The fourth-order valence-corrected chi connectivity index (χ4v) is 3.74. The first kappa shape index (κ1) is 17.9. The molecule has 1 saturated heterocycles. The minimum atomic E-state index is -0.153. The monoisotopic (exact) mass is 348 g/mol. The smallest absolute Gasteiger partial charge is 0.292 e. The maximum atomic E-state index is 12.8. The summed E-state index contributed by atoms with van der Waals surface area (Å²) >= 11 is 0. The number of rotatable bonds is 5. The van der Waals surface area contributed by atoms with E-state index in [1.54, 1.807) is 6.20 Å². The molecule has 1 amide bonds. The molecule has 3 rings (SSSR count). The Morgan fingerprint density at radius 2 is 2.00 bits per heavy atom. The van der Waals surface area contributed by atoms with Gasteiger partial charge in [0.15, 0.2) is 0 Å².